The van der Waals surface area contributed by atoms with Crippen LogP contribution in [0.5, 0.6) is 0 Å². The lowest BCUT2D eigenvalue weighted by Crippen LogP contribution is -2.27. The Labute approximate surface area is 152 Å². The first-order chi connectivity index (χ1) is 11.7. The van der Waals surface area contributed by atoms with Crippen LogP contribution in [0.15, 0.2) is 40.1 Å². The highest BCUT2D eigenvalue weighted by Gasteiger charge is 2.26. The molecular weight excluding hydrogens is 340 g/mol. The lowest BCUT2D eigenvalue weighted by molar-refractivity contribution is -0.149. The van der Waals surface area contributed by atoms with Crippen LogP contribution in [0.3, 0.4) is 0 Å². The zero-order chi connectivity index (χ0) is 19.0. The van der Waals surface area contributed by atoms with Gasteiger partial charge in [0.1, 0.15) is 10.5 Å². The highest BCUT2D eigenvalue weighted by Crippen LogP contribution is 2.21. The van der Waals surface area contributed by atoms with E-state index in [9.17, 15) is 9.00 Å². The van der Waals surface area contributed by atoms with Crippen molar-refractivity contribution < 1.29 is 23.2 Å². The maximum absolute atomic E-state index is 13.0. The normalized spacial score (nSPS) is 13.8. The van der Waals surface area contributed by atoms with Gasteiger partial charge in [-0.25, -0.2) is 9.00 Å². The molecule has 0 saturated heterocycles. The first-order valence-corrected chi connectivity index (χ1v) is 9.49. The third-order valence-electron chi connectivity index (χ3n) is 2.98. The molecule has 1 unspecified atom stereocenters. The Kier molecular flexibility index (Phi) is 8.48. The molecule has 0 saturated carbocycles. The first-order valence-electron chi connectivity index (χ1n) is 8.34. The first kappa shape index (κ1) is 21.5. The Bertz CT molecular complexity index is 608. The Balaban J connectivity index is 3.23. The predicted molar refractivity (Wildman–Crippen MR) is 98.6 cm³/mol. The lowest BCUT2D eigenvalue weighted by atomic mass is 10.2. The standard InChI is InChI=1S/C19H28O5S/c1-7-22-17(23-8-2)13-16(18(20)24-19(4,5)6)25(21)15-11-9-14(3)10-12-15/h9-13,17H,7-8H2,1-6H3. The molecule has 0 heterocycles. The minimum atomic E-state index is -1.70. The molecule has 0 aromatic heterocycles. The summed E-state index contributed by atoms with van der Waals surface area (Å²) in [7, 11) is -1.70. The van der Waals surface area contributed by atoms with Gasteiger partial charge in [0.15, 0.2) is 6.29 Å². The molecular formula is C19H28O5S. The van der Waals surface area contributed by atoms with E-state index in [1.54, 1.807) is 32.9 Å². The number of hydrogen-bond donors (Lipinski definition) is 0. The molecule has 0 spiro atoms. The summed E-state index contributed by atoms with van der Waals surface area (Å²) in [5, 5.41) is 0. The van der Waals surface area contributed by atoms with Gasteiger partial charge in [-0.05, 0) is 59.8 Å². The summed E-state index contributed by atoms with van der Waals surface area (Å²) in [5.41, 5.74) is 0.352. The second-order valence-corrected chi connectivity index (χ2v) is 7.84. The van der Waals surface area contributed by atoms with Crippen molar-refractivity contribution in [2.45, 2.75) is 58.3 Å². The third kappa shape index (κ3) is 7.50. The molecule has 5 nitrogen and oxygen atoms in total. The molecule has 0 aliphatic heterocycles. The van der Waals surface area contributed by atoms with Crippen LogP contribution in [0, 0.1) is 6.92 Å². The Morgan fingerprint density at radius 3 is 2.08 bits per heavy atom. The van der Waals surface area contributed by atoms with Crippen molar-refractivity contribution in [1.29, 1.82) is 0 Å². The van der Waals surface area contributed by atoms with Crippen LogP contribution in [0.25, 0.3) is 0 Å². The molecule has 0 aliphatic rings. The Hall–Kier alpha value is -1.50. The Morgan fingerprint density at radius 1 is 1.12 bits per heavy atom. The number of ether oxygens (including phenoxy) is 3. The second-order valence-electron chi connectivity index (χ2n) is 6.39. The summed E-state index contributed by atoms with van der Waals surface area (Å²) in [4.78, 5) is 13.1. The fourth-order valence-corrected chi connectivity index (χ4v) is 2.98. The topological polar surface area (TPSA) is 61.8 Å². The number of aryl methyl sites for hydroxylation is 1. The molecule has 0 aliphatic carbocycles. The molecule has 1 aromatic carbocycles. The number of rotatable bonds is 8. The smallest absolute Gasteiger partial charge is 0.347 e. The van der Waals surface area contributed by atoms with E-state index in [1.165, 1.54) is 6.08 Å². The van der Waals surface area contributed by atoms with Crippen LogP contribution in [0.1, 0.15) is 40.2 Å². The number of esters is 1. The molecule has 25 heavy (non-hydrogen) atoms. The van der Waals surface area contributed by atoms with Crippen LogP contribution in [0.4, 0.5) is 0 Å². The summed E-state index contributed by atoms with van der Waals surface area (Å²) in [6, 6.07) is 7.17. The van der Waals surface area contributed by atoms with Crippen molar-refractivity contribution >= 4 is 16.8 Å². The molecule has 1 aromatic rings. The number of hydrogen-bond acceptors (Lipinski definition) is 5. The van der Waals surface area contributed by atoms with Gasteiger partial charge in [-0.3, -0.25) is 0 Å². The highest BCUT2D eigenvalue weighted by molar-refractivity contribution is 7.90. The lowest BCUT2D eigenvalue weighted by Gasteiger charge is -2.21. The second kappa shape index (κ2) is 9.85. The molecule has 0 radical (unpaired) electrons. The summed E-state index contributed by atoms with van der Waals surface area (Å²) in [6.45, 7) is 11.7. The average Bonchev–Trinajstić information content (AvgIpc) is 2.51. The van der Waals surface area contributed by atoms with Gasteiger partial charge in [0.2, 0.25) is 0 Å². The van der Waals surface area contributed by atoms with E-state index in [2.05, 4.69) is 0 Å². The summed E-state index contributed by atoms with van der Waals surface area (Å²) in [6.07, 6.45) is 0.684. The summed E-state index contributed by atoms with van der Waals surface area (Å²) < 4.78 is 29.3. The highest BCUT2D eigenvalue weighted by atomic mass is 32.2. The monoisotopic (exact) mass is 368 g/mol. The minimum absolute atomic E-state index is 0.0191. The van der Waals surface area contributed by atoms with Crippen LogP contribution in [-0.4, -0.2) is 35.3 Å². The van der Waals surface area contributed by atoms with Crippen molar-refractivity contribution in [2.24, 2.45) is 0 Å². The van der Waals surface area contributed by atoms with E-state index < -0.39 is 28.7 Å². The largest absolute Gasteiger partial charge is 0.456 e. The van der Waals surface area contributed by atoms with E-state index >= 15 is 0 Å². The van der Waals surface area contributed by atoms with Gasteiger partial charge >= 0.3 is 5.97 Å². The van der Waals surface area contributed by atoms with Gasteiger partial charge in [0.05, 0.1) is 10.8 Å². The SMILES string of the molecule is CCOC(C=C(C(=O)OC(C)(C)C)S(=O)c1ccc(C)cc1)OCC. The quantitative estimate of drug-likeness (QED) is 0.397. The average molecular weight is 368 g/mol. The summed E-state index contributed by atoms with van der Waals surface area (Å²) >= 11 is 0. The van der Waals surface area contributed by atoms with E-state index in [1.807, 2.05) is 32.9 Å². The van der Waals surface area contributed by atoms with E-state index in [4.69, 9.17) is 14.2 Å². The zero-order valence-corrected chi connectivity index (χ0v) is 16.6. The van der Waals surface area contributed by atoms with Crippen molar-refractivity contribution in [2.75, 3.05) is 13.2 Å². The van der Waals surface area contributed by atoms with E-state index in [0.29, 0.717) is 18.1 Å². The van der Waals surface area contributed by atoms with Gasteiger partial charge in [0.25, 0.3) is 0 Å². The van der Waals surface area contributed by atoms with Crippen molar-refractivity contribution in [3.05, 3.63) is 40.8 Å². The van der Waals surface area contributed by atoms with Crippen LogP contribution < -0.4 is 0 Å². The van der Waals surface area contributed by atoms with Crippen molar-refractivity contribution in [3.8, 4) is 0 Å². The fourth-order valence-electron chi connectivity index (χ4n) is 1.92. The van der Waals surface area contributed by atoms with Crippen LogP contribution in [0.2, 0.25) is 0 Å². The molecule has 6 heteroatoms. The summed E-state index contributed by atoms with van der Waals surface area (Å²) in [5.74, 6) is -0.643. The molecule has 1 atom stereocenters. The third-order valence-corrected chi connectivity index (χ3v) is 4.39. The van der Waals surface area contributed by atoms with E-state index in [-0.39, 0.29) is 4.91 Å². The zero-order valence-electron chi connectivity index (χ0n) is 15.8. The van der Waals surface area contributed by atoms with Crippen molar-refractivity contribution in [1.82, 2.24) is 0 Å². The van der Waals surface area contributed by atoms with Crippen molar-refractivity contribution in [3.63, 3.8) is 0 Å². The van der Waals surface area contributed by atoms with Crippen LogP contribution in [-0.2, 0) is 29.8 Å². The number of carbonyl (C=O) groups excluding carboxylic acids is 1. The Morgan fingerprint density at radius 2 is 1.64 bits per heavy atom. The van der Waals surface area contributed by atoms with Gasteiger partial charge in [-0.2, -0.15) is 0 Å². The molecule has 140 valence electrons. The predicted octanol–water partition coefficient (Wildman–Crippen LogP) is 3.73. The van der Waals surface area contributed by atoms with Gasteiger partial charge in [-0.1, -0.05) is 17.7 Å². The maximum atomic E-state index is 13.0. The number of carbonyl (C=O) groups is 1. The molecule has 0 bridgehead atoms. The molecule has 0 N–H and O–H groups in total. The molecule has 0 amide bonds. The van der Waals surface area contributed by atoms with Gasteiger partial charge < -0.3 is 14.2 Å². The van der Waals surface area contributed by atoms with Gasteiger partial charge in [0, 0.05) is 18.1 Å². The minimum Gasteiger partial charge on any atom is -0.456 e. The van der Waals surface area contributed by atoms with E-state index in [0.717, 1.165) is 5.56 Å². The van der Waals surface area contributed by atoms with Gasteiger partial charge in [-0.15, -0.1) is 0 Å². The molecule has 1 rings (SSSR count). The fraction of sp³-hybridized carbons (Fsp3) is 0.526. The maximum Gasteiger partial charge on any atom is 0.347 e. The molecule has 0 fully saturated rings. The van der Waals surface area contributed by atoms with Crippen LogP contribution >= 0.6 is 0 Å². The number of benzene rings is 1.